The summed E-state index contributed by atoms with van der Waals surface area (Å²) in [7, 11) is 4.07. The van der Waals surface area contributed by atoms with Gasteiger partial charge in [0.25, 0.3) is 0 Å². The van der Waals surface area contributed by atoms with E-state index in [0.29, 0.717) is 22.7 Å². The highest BCUT2D eigenvalue weighted by molar-refractivity contribution is 6.06. The lowest BCUT2D eigenvalue weighted by Gasteiger charge is -2.12. The van der Waals surface area contributed by atoms with Gasteiger partial charge in [-0.15, -0.1) is 0 Å². The monoisotopic (exact) mass is 472 g/mol. The third kappa shape index (κ3) is 4.86. The summed E-state index contributed by atoms with van der Waals surface area (Å²) in [5.74, 6) is -0.105. The minimum atomic E-state index is -0.714. The summed E-state index contributed by atoms with van der Waals surface area (Å²) >= 11 is 0. The molecule has 178 valence electrons. The number of methoxy groups -OCH3 is 3. The lowest BCUT2D eigenvalue weighted by Crippen LogP contribution is -2.15. The molecule has 3 aromatic carbocycles. The molecular formula is C27H24N2O6. The van der Waals surface area contributed by atoms with Crippen LogP contribution in [0.2, 0.25) is 0 Å². The molecule has 0 saturated carbocycles. The largest absolute Gasteiger partial charge is 0.496 e. The fourth-order valence-corrected chi connectivity index (χ4v) is 3.67. The van der Waals surface area contributed by atoms with E-state index in [2.05, 4.69) is 5.10 Å². The summed E-state index contributed by atoms with van der Waals surface area (Å²) in [6.45, 7) is 0.220. The average molecular weight is 472 g/mol. The Bertz CT molecular complexity index is 1330. The second-order valence-electron chi connectivity index (χ2n) is 7.43. The van der Waals surface area contributed by atoms with Crippen molar-refractivity contribution in [3.63, 3.8) is 0 Å². The van der Waals surface area contributed by atoms with Crippen LogP contribution in [-0.2, 0) is 16.1 Å². The molecule has 8 nitrogen and oxygen atoms in total. The first-order valence-corrected chi connectivity index (χ1v) is 10.8. The van der Waals surface area contributed by atoms with Crippen molar-refractivity contribution >= 4 is 11.9 Å². The standard InChI is InChI=1S/C27H24N2O6/c1-32-22-15-14-18(16-19(22)17-35-21-12-8-5-9-13-21)24-23(26(30)33-2)25(27(31)34-3)29(28-24)20-10-6-4-7-11-20/h4-16H,17H2,1-3H3. The zero-order valence-corrected chi connectivity index (χ0v) is 19.6. The van der Waals surface area contributed by atoms with Gasteiger partial charge in [-0.3, -0.25) is 0 Å². The second kappa shape index (κ2) is 10.6. The van der Waals surface area contributed by atoms with Crippen molar-refractivity contribution in [2.45, 2.75) is 6.61 Å². The van der Waals surface area contributed by atoms with Crippen LogP contribution in [0.3, 0.4) is 0 Å². The minimum Gasteiger partial charge on any atom is -0.496 e. The van der Waals surface area contributed by atoms with Crippen molar-refractivity contribution in [1.29, 1.82) is 0 Å². The van der Waals surface area contributed by atoms with Crippen LogP contribution in [0.5, 0.6) is 11.5 Å². The lowest BCUT2D eigenvalue weighted by molar-refractivity contribution is 0.0549. The van der Waals surface area contributed by atoms with Gasteiger partial charge in [0.1, 0.15) is 29.4 Å². The Morgan fingerprint density at radius 3 is 2.11 bits per heavy atom. The second-order valence-corrected chi connectivity index (χ2v) is 7.43. The molecule has 1 aromatic heterocycles. The van der Waals surface area contributed by atoms with E-state index >= 15 is 0 Å². The number of carbonyl (C=O) groups is 2. The summed E-state index contributed by atoms with van der Waals surface area (Å²) < 4.78 is 22.8. The SMILES string of the molecule is COC(=O)c1c(-c2ccc(OC)c(COc3ccccc3)c2)nn(-c2ccccc2)c1C(=O)OC. The molecule has 0 aliphatic carbocycles. The molecule has 0 fully saturated rings. The summed E-state index contributed by atoms with van der Waals surface area (Å²) in [6, 6.07) is 23.7. The molecule has 0 bridgehead atoms. The van der Waals surface area contributed by atoms with Crippen LogP contribution >= 0.6 is 0 Å². The van der Waals surface area contributed by atoms with Crippen molar-refractivity contribution in [2.24, 2.45) is 0 Å². The molecule has 4 aromatic rings. The van der Waals surface area contributed by atoms with E-state index in [9.17, 15) is 9.59 Å². The van der Waals surface area contributed by atoms with Gasteiger partial charge in [0.2, 0.25) is 0 Å². The van der Waals surface area contributed by atoms with Crippen LogP contribution in [0, 0.1) is 0 Å². The highest BCUT2D eigenvalue weighted by atomic mass is 16.5. The number of rotatable bonds is 8. The molecule has 35 heavy (non-hydrogen) atoms. The van der Waals surface area contributed by atoms with E-state index in [1.807, 2.05) is 54.6 Å². The number of esters is 2. The van der Waals surface area contributed by atoms with Crippen LogP contribution in [0.15, 0.2) is 78.9 Å². The maximum atomic E-state index is 12.9. The van der Waals surface area contributed by atoms with Gasteiger partial charge in [0.15, 0.2) is 5.69 Å². The Labute approximate surface area is 202 Å². The van der Waals surface area contributed by atoms with Crippen LogP contribution < -0.4 is 9.47 Å². The first-order chi connectivity index (χ1) is 17.1. The van der Waals surface area contributed by atoms with E-state index in [1.165, 1.54) is 18.9 Å². The molecule has 0 amide bonds. The van der Waals surface area contributed by atoms with Gasteiger partial charge in [-0.25, -0.2) is 14.3 Å². The van der Waals surface area contributed by atoms with Crippen LogP contribution in [-0.4, -0.2) is 43.0 Å². The summed E-state index contributed by atoms with van der Waals surface area (Å²) in [4.78, 5) is 25.7. The molecular weight excluding hydrogens is 448 g/mol. The molecule has 4 rings (SSSR count). The minimum absolute atomic E-state index is 0.00305. The zero-order valence-electron chi connectivity index (χ0n) is 19.6. The Kier molecular flexibility index (Phi) is 7.11. The fraction of sp³-hybridized carbons (Fsp3) is 0.148. The highest BCUT2D eigenvalue weighted by Gasteiger charge is 2.31. The van der Waals surface area contributed by atoms with E-state index in [1.54, 1.807) is 31.4 Å². The van der Waals surface area contributed by atoms with Gasteiger partial charge in [-0.2, -0.15) is 5.10 Å². The first kappa shape index (κ1) is 23.6. The Hall–Kier alpha value is -4.59. The number of hydrogen-bond donors (Lipinski definition) is 0. The molecule has 0 radical (unpaired) electrons. The van der Waals surface area contributed by atoms with Crippen molar-refractivity contribution < 1.29 is 28.5 Å². The number of carbonyl (C=O) groups excluding carboxylic acids is 2. The zero-order chi connectivity index (χ0) is 24.8. The molecule has 0 aliphatic heterocycles. The molecule has 0 atom stereocenters. The summed E-state index contributed by atoms with van der Waals surface area (Å²) in [5.41, 5.74) is 2.15. The summed E-state index contributed by atoms with van der Waals surface area (Å²) in [5, 5.41) is 4.64. The maximum absolute atomic E-state index is 12.9. The molecule has 0 saturated heterocycles. The summed E-state index contributed by atoms with van der Waals surface area (Å²) in [6.07, 6.45) is 0. The third-order valence-corrected chi connectivity index (χ3v) is 5.35. The fourth-order valence-electron chi connectivity index (χ4n) is 3.67. The van der Waals surface area contributed by atoms with Crippen LogP contribution in [0.25, 0.3) is 16.9 Å². The van der Waals surface area contributed by atoms with E-state index in [-0.39, 0.29) is 23.6 Å². The Balaban J connectivity index is 1.86. The predicted octanol–water partition coefficient (Wildman–Crippen LogP) is 4.70. The van der Waals surface area contributed by atoms with Crippen molar-refractivity contribution in [3.8, 4) is 28.4 Å². The van der Waals surface area contributed by atoms with Crippen LogP contribution in [0.1, 0.15) is 26.4 Å². The average Bonchev–Trinajstić information content (AvgIpc) is 3.32. The van der Waals surface area contributed by atoms with E-state index in [4.69, 9.17) is 18.9 Å². The maximum Gasteiger partial charge on any atom is 0.357 e. The molecule has 0 aliphatic rings. The topological polar surface area (TPSA) is 88.9 Å². The number of hydrogen-bond acceptors (Lipinski definition) is 7. The van der Waals surface area contributed by atoms with E-state index < -0.39 is 11.9 Å². The smallest absolute Gasteiger partial charge is 0.357 e. The molecule has 1 heterocycles. The van der Waals surface area contributed by atoms with E-state index in [0.717, 1.165) is 5.56 Å². The highest BCUT2D eigenvalue weighted by Crippen LogP contribution is 2.32. The normalized spacial score (nSPS) is 10.5. The predicted molar refractivity (Wildman–Crippen MR) is 129 cm³/mol. The van der Waals surface area contributed by atoms with Gasteiger partial charge in [-0.05, 0) is 42.5 Å². The molecule has 0 N–H and O–H groups in total. The van der Waals surface area contributed by atoms with Gasteiger partial charge >= 0.3 is 11.9 Å². The van der Waals surface area contributed by atoms with Gasteiger partial charge in [0.05, 0.1) is 27.0 Å². The number of benzene rings is 3. The number of nitrogens with zero attached hydrogens (tertiary/aromatic N) is 2. The third-order valence-electron chi connectivity index (χ3n) is 5.35. The lowest BCUT2D eigenvalue weighted by atomic mass is 10.0. The molecule has 0 unspecified atom stereocenters. The van der Waals surface area contributed by atoms with Crippen molar-refractivity contribution in [2.75, 3.05) is 21.3 Å². The molecule has 0 spiro atoms. The van der Waals surface area contributed by atoms with Gasteiger partial charge in [-0.1, -0.05) is 36.4 Å². The number of ether oxygens (including phenoxy) is 4. The molecule has 8 heteroatoms. The van der Waals surface area contributed by atoms with Crippen molar-refractivity contribution in [3.05, 3.63) is 95.7 Å². The first-order valence-electron chi connectivity index (χ1n) is 10.8. The van der Waals surface area contributed by atoms with Crippen LogP contribution in [0.4, 0.5) is 0 Å². The van der Waals surface area contributed by atoms with Crippen molar-refractivity contribution in [1.82, 2.24) is 9.78 Å². The Morgan fingerprint density at radius 2 is 1.49 bits per heavy atom. The number of aromatic nitrogens is 2. The quantitative estimate of drug-likeness (QED) is 0.344. The van der Waals surface area contributed by atoms with Gasteiger partial charge < -0.3 is 18.9 Å². The number of para-hydroxylation sites is 2. The van der Waals surface area contributed by atoms with Gasteiger partial charge in [0, 0.05) is 11.1 Å². The Morgan fingerprint density at radius 1 is 0.829 bits per heavy atom.